The molecule has 0 spiro atoms. The Kier molecular flexibility index (Phi) is 7.82. The lowest BCUT2D eigenvalue weighted by Gasteiger charge is -2.14. The van der Waals surface area contributed by atoms with Gasteiger partial charge in [0, 0.05) is 25.5 Å². The molecule has 0 atom stereocenters. The summed E-state index contributed by atoms with van der Waals surface area (Å²) in [4.78, 5) is 4.06. The summed E-state index contributed by atoms with van der Waals surface area (Å²) in [6.45, 7) is 1.10. The summed E-state index contributed by atoms with van der Waals surface area (Å²) < 4.78 is 42.6. The van der Waals surface area contributed by atoms with Gasteiger partial charge in [-0.25, -0.2) is 0 Å². The van der Waals surface area contributed by atoms with Gasteiger partial charge < -0.3 is 15.8 Å². The molecular formula is C14H17F3IN5O. The highest BCUT2D eigenvalue weighted by molar-refractivity contribution is 14.0. The molecule has 0 radical (unpaired) electrons. The van der Waals surface area contributed by atoms with Crippen LogP contribution in [0.3, 0.4) is 0 Å². The zero-order chi connectivity index (χ0) is 16.7. The van der Waals surface area contributed by atoms with E-state index in [-0.39, 0.29) is 41.4 Å². The number of para-hydroxylation sites is 2. The van der Waals surface area contributed by atoms with Gasteiger partial charge in [0.25, 0.3) is 0 Å². The van der Waals surface area contributed by atoms with E-state index in [1.54, 1.807) is 16.9 Å². The first-order chi connectivity index (χ1) is 10.9. The van der Waals surface area contributed by atoms with E-state index in [1.165, 1.54) is 18.2 Å². The summed E-state index contributed by atoms with van der Waals surface area (Å²) in [5.41, 5.74) is 5.77. The maximum absolute atomic E-state index is 12.3. The molecular weight excluding hydrogens is 438 g/mol. The van der Waals surface area contributed by atoms with Crippen LogP contribution in [0.2, 0.25) is 0 Å². The average molecular weight is 455 g/mol. The van der Waals surface area contributed by atoms with Gasteiger partial charge in [-0.3, -0.25) is 9.67 Å². The third kappa shape index (κ3) is 7.06. The number of aromatic nitrogens is 2. The SMILES string of the molecule is I.NC(=NCCCn1cccn1)Nc1ccccc1OC(F)(F)F. The predicted molar refractivity (Wildman–Crippen MR) is 95.5 cm³/mol. The standard InChI is InChI=1S/C14H16F3N5O.HI/c15-14(16,17)23-12-6-2-1-5-11(12)21-13(18)19-7-3-9-22-10-4-8-20-22;/h1-2,4-6,8,10H,3,7,9H2,(H3,18,19,21);1H. The molecule has 1 aromatic heterocycles. The van der Waals surface area contributed by atoms with Gasteiger partial charge in [-0.05, 0) is 24.6 Å². The molecule has 1 heterocycles. The number of hydrogen-bond acceptors (Lipinski definition) is 3. The van der Waals surface area contributed by atoms with Crippen molar-refractivity contribution < 1.29 is 17.9 Å². The number of nitrogens with zero attached hydrogens (tertiary/aromatic N) is 3. The summed E-state index contributed by atoms with van der Waals surface area (Å²) in [5, 5.41) is 6.65. The van der Waals surface area contributed by atoms with E-state index in [4.69, 9.17) is 5.73 Å². The largest absolute Gasteiger partial charge is 0.573 e. The minimum atomic E-state index is -4.77. The number of anilines is 1. The molecule has 0 bridgehead atoms. The lowest BCUT2D eigenvalue weighted by Crippen LogP contribution is -2.24. The van der Waals surface area contributed by atoms with Crippen LogP contribution in [0, 0.1) is 0 Å². The summed E-state index contributed by atoms with van der Waals surface area (Å²) >= 11 is 0. The lowest BCUT2D eigenvalue weighted by molar-refractivity contribution is -0.274. The number of halogens is 4. The van der Waals surface area contributed by atoms with E-state index in [0.29, 0.717) is 19.5 Å². The molecule has 0 saturated heterocycles. The van der Waals surface area contributed by atoms with Gasteiger partial charge in [0.1, 0.15) is 0 Å². The molecule has 6 nitrogen and oxygen atoms in total. The van der Waals surface area contributed by atoms with E-state index in [9.17, 15) is 13.2 Å². The number of nitrogens with one attached hydrogen (secondary N) is 1. The second-order valence-electron chi connectivity index (χ2n) is 4.56. The average Bonchev–Trinajstić information content (AvgIpc) is 2.97. The lowest BCUT2D eigenvalue weighted by atomic mass is 10.3. The minimum absolute atomic E-state index is 0. The summed E-state index contributed by atoms with van der Waals surface area (Å²) in [7, 11) is 0. The van der Waals surface area contributed by atoms with Crippen molar-refractivity contribution in [2.24, 2.45) is 10.7 Å². The van der Waals surface area contributed by atoms with Gasteiger partial charge >= 0.3 is 6.36 Å². The monoisotopic (exact) mass is 455 g/mol. The Bertz CT molecular complexity index is 646. The highest BCUT2D eigenvalue weighted by Gasteiger charge is 2.32. The molecule has 2 aromatic rings. The summed E-state index contributed by atoms with van der Waals surface area (Å²) in [6.07, 6.45) is -0.564. The number of aliphatic imine (C=N–C) groups is 1. The van der Waals surface area contributed by atoms with E-state index >= 15 is 0 Å². The fourth-order valence-corrected chi connectivity index (χ4v) is 1.83. The zero-order valence-corrected chi connectivity index (χ0v) is 14.9. The molecule has 24 heavy (non-hydrogen) atoms. The van der Waals surface area contributed by atoms with Gasteiger partial charge in [0.2, 0.25) is 0 Å². The van der Waals surface area contributed by atoms with Crippen molar-refractivity contribution in [3.05, 3.63) is 42.7 Å². The molecule has 0 fully saturated rings. The Hall–Kier alpha value is -1.98. The van der Waals surface area contributed by atoms with Crippen LogP contribution in [0.4, 0.5) is 18.9 Å². The molecule has 132 valence electrons. The second-order valence-corrected chi connectivity index (χ2v) is 4.56. The Morgan fingerprint density at radius 2 is 2.04 bits per heavy atom. The molecule has 0 saturated carbocycles. The number of alkyl halides is 3. The van der Waals surface area contributed by atoms with Crippen LogP contribution in [0.25, 0.3) is 0 Å². The topological polar surface area (TPSA) is 77.5 Å². The second kappa shape index (κ2) is 9.35. The number of rotatable bonds is 6. The van der Waals surface area contributed by atoms with Gasteiger partial charge in [0.05, 0.1) is 5.69 Å². The zero-order valence-electron chi connectivity index (χ0n) is 12.5. The highest BCUT2D eigenvalue weighted by atomic mass is 127. The Morgan fingerprint density at radius 1 is 1.29 bits per heavy atom. The quantitative estimate of drug-likeness (QED) is 0.304. The first kappa shape index (κ1) is 20.1. The molecule has 0 aliphatic carbocycles. The molecule has 0 aliphatic rings. The van der Waals surface area contributed by atoms with E-state index < -0.39 is 6.36 Å². The molecule has 1 aromatic carbocycles. The van der Waals surface area contributed by atoms with Crippen LogP contribution in [-0.2, 0) is 6.54 Å². The van der Waals surface area contributed by atoms with Crippen molar-refractivity contribution in [1.82, 2.24) is 9.78 Å². The fourth-order valence-electron chi connectivity index (χ4n) is 1.83. The number of guanidine groups is 1. The van der Waals surface area contributed by atoms with Gasteiger partial charge in [-0.15, -0.1) is 37.1 Å². The number of benzene rings is 1. The fraction of sp³-hybridized carbons (Fsp3) is 0.286. The van der Waals surface area contributed by atoms with Crippen molar-refractivity contribution in [2.75, 3.05) is 11.9 Å². The van der Waals surface area contributed by atoms with Crippen LogP contribution < -0.4 is 15.8 Å². The minimum Gasteiger partial charge on any atom is -0.404 e. The molecule has 2 rings (SSSR count). The van der Waals surface area contributed by atoms with Crippen LogP contribution >= 0.6 is 24.0 Å². The predicted octanol–water partition coefficient (Wildman–Crippen LogP) is 3.22. The number of aryl methyl sites for hydroxylation is 1. The summed E-state index contributed by atoms with van der Waals surface area (Å²) in [5.74, 6) is -0.349. The maximum atomic E-state index is 12.3. The highest BCUT2D eigenvalue weighted by Crippen LogP contribution is 2.29. The van der Waals surface area contributed by atoms with Crippen LogP contribution in [0.15, 0.2) is 47.7 Å². The van der Waals surface area contributed by atoms with Gasteiger partial charge in [-0.2, -0.15) is 5.10 Å². The normalized spacial score (nSPS) is 11.7. The maximum Gasteiger partial charge on any atom is 0.573 e. The van der Waals surface area contributed by atoms with Crippen molar-refractivity contribution in [2.45, 2.75) is 19.3 Å². The van der Waals surface area contributed by atoms with Crippen molar-refractivity contribution in [3.8, 4) is 5.75 Å². The van der Waals surface area contributed by atoms with Gasteiger partial charge in [0.15, 0.2) is 11.7 Å². The molecule has 10 heteroatoms. The number of ether oxygens (including phenoxy) is 1. The molecule has 3 N–H and O–H groups in total. The van der Waals surface area contributed by atoms with Crippen molar-refractivity contribution >= 4 is 35.6 Å². The van der Waals surface area contributed by atoms with Crippen molar-refractivity contribution in [3.63, 3.8) is 0 Å². The third-order valence-corrected chi connectivity index (χ3v) is 2.76. The first-order valence-electron chi connectivity index (χ1n) is 6.83. The molecule has 0 amide bonds. The van der Waals surface area contributed by atoms with Crippen molar-refractivity contribution in [1.29, 1.82) is 0 Å². The Balaban J connectivity index is 0.00000288. The van der Waals surface area contributed by atoms with Crippen LogP contribution in [0.1, 0.15) is 6.42 Å². The smallest absolute Gasteiger partial charge is 0.404 e. The van der Waals surface area contributed by atoms with Crippen LogP contribution in [-0.4, -0.2) is 28.6 Å². The summed E-state index contributed by atoms with van der Waals surface area (Å²) in [6, 6.07) is 7.44. The molecule has 0 unspecified atom stereocenters. The first-order valence-corrected chi connectivity index (χ1v) is 6.83. The molecule has 0 aliphatic heterocycles. The number of nitrogens with two attached hydrogens (primary N) is 1. The number of hydrogen-bond donors (Lipinski definition) is 2. The van der Waals surface area contributed by atoms with E-state index in [2.05, 4.69) is 20.1 Å². The van der Waals surface area contributed by atoms with Gasteiger partial charge in [-0.1, -0.05) is 12.1 Å². The Labute approximate surface area is 153 Å². The van der Waals surface area contributed by atoms with Crippen LogP contribution in [0.5, 0.6) is 5.75 Å². The van der Waals surface area contributed by atoms with E-state index in [1.807, 2.05) is 12.3 Å². The third-order valence-electron chi connectivity index (χ3n) is 2.76. The van der Waals surface area contributed by atoms with E-state index in [0.717, 1.165) is 0 Å². The Morgan fingerprint density at radius 3 is 2.71 bits per heavy atom.